The first kappa shape index (κ1) is 14.4. The van der Waals surface area contributed by atoms with E-state index in [0.29, 0.717) is 11.6 Å². The maximum Gasteiger partial charge on any atom is 0.228 e. The third kappa shape index (κ3) is 3.48. The number of amides is 1. The van der Waals surface area contributed by atoms with Gasteiger partial charge in [0.1, 0.15) is 0 Å². The Kier molecular flexibility index (Phi) is 4.48. The van der Waals surface area contributed by atoms with Crippen molar-refractivity contribution in [2.45, 2.75) is 26.3 Å². The number of rotatable bonds is 3. The van der Waals surface area contributed by atoms with Gasteiger partial charge in [-0.05, 0) is 43.6 Å². The lowest BCUT2D eigenvalue weighted by atomic mass is 9.79. The van der Waals surface area contributed by atoms with Crippen molar-refractivity contribution in [3.8, 4) is 0 Å². The highest BCUT2D eigenvalue weighted by Crippen LogP contribution is 2.30. The molecule has 1 aliphatic heterocycles. The molecule has 0 aliphatic carbocycles. The minimum atomic E-state index is -0.224. The predicted molar refractivity (Wildman–Crippen MR) is 78.1 cm³/mol. The molecule has 1 amide bonds. The van der Waals surface area contributed by atoms with E-state index in [1.807, 2.05) is 36.2 Å². The molecule has 0 spiro atoms. The van der Waals surface area contributed by atoms with E-state index < -0.39 is 0 Å². The van der Waals surface area contributed by atoms with Gasteiger partial charge in [0, 0.05) is 24.0 Å². The lowest BCUT2D eigenvalue weighted by Gasteiger charge is -2.36. The molecule has 1 N–H and O–H groups in total. The molecule has 0 atom stereocenters. The fourth-order valence-corrected chi connectivity index (χ4v) is 2.85. The van der Waals surface area contributed by atoms with Crippen molar-refractivity contribution in [2.24, 2.45) is 5.41 Å². The first-order valence-corrected chi connectivity index (χ1v) is 7.10. The summed E-state index contributed by atoms with van der Waals surface area (Å²) in [5.41, 5.74) is 0.847. The molecule has 3 nitrogen and oxygen atoms in total. The second-order valence-corrected chi connectivity index (χ2v) is 6.04. The maximum atomic E-state index is 12.6. The van der Waals surface area contributed by atoms with E-state index >= 15 is 0 Å². The van der Waals surface area contributed by atoms with Crippen LogP contribution in [0.2, 0.25) is 5.02 Å². The van der Waals surface area contributed by atoms with Crippen molar-refractivity contribution < 1.29 is 4.79 Å². The van der Waals surface area contributed by atoms with Crippen LogP contribution in [-0.2, 0) is 11.3 Å². The Morgan fingerprint density at radius 3 is 2.74 bits per heavy atom. The zero-order valence-electron chi connectivity index (χ0n) is 11.6. The first-order valence-electron chi connectivity index (χ1n) is 6.72. The maximum absolute atomic E-state index is 12.6. The Morgan fingerprint density at radius 1 is 1.42 bits per heavy atom. The smallest absolute Gasteiger partial charge is 0.228 e. The number of piperidine rings is 1. The molecule has 104 valence electrons. The second-order valence-electron chi connectivity index (χ2n) is 5.60. The van der Waals surface area contributed by atoms with Gasteiger partial charge < -0.3 is 10.2 Å². The summed E-state index contributed by atoms with van der Waals surface area (Å²) in [4.78, 5) is 14.4. The quantitative estimate of drug-likeness (QED) is 0.923. The topological polar surface area (TPSA) is 32.3 Å². The number of benzene rings is 1. The van der Waals surface area contributed by atoms with Crippen LogP contribution < -0.4 is 5.32 Å². The van der Waals surface area contributed by atoms with Gasteiger partial charge in [0.05, 0.1) is 0 Å². The van der Waals surface area contributed by atoms with E-state index in [1.165, 1.54) is 0 Å². The van der Waals surface area contributed by atoms with Gasteiger partial charge in [-0.3, -0.25) is 4.79 Å². The van der Waals surface area contributed by atoms with Gasteiger partial charge in [-0.2, -0.15) is 0 Å². The van der Waals surface area contributed by atoms with Gasteiger partial charge in [0.15, 0.2) is 0 Å². The average molecular weight is 281 g/mol. The van der Waals surface area contributed by atoms with Crippen LogP contribution >= 0.6 is 11.6 Å². The fraction of sp³-hybridized carbons (Fsp3) is 0.533. The van der Waals surface area contributed by atoms with Crippen LogP contribution in [0.15, 0.2) is 24.3 Å². The van der Waals surface area contributed by atoms with E-state index in [9.17, 15) is 4.79 Å². The Labute approximate surface area is 119 Å². The highest BCUT2D eigenvalue weighted by atomic mass is 35.5. The average Bonchev–Trinajstić information content (AvgIpc) is 2.38. The number of nitrogens with zero attached hydrogens (tertiary/aromatic N) is 1. The Morgan fingerprint density at radius 2 is 2.11 bits per heavy atom. The largest absolute Gasteiger partial charge is 0.341 e. The van der Waals surface area contributed by atoms with Crippen molar-refractivity contribution in [2.75, 3.05) is 20.1 Å². The molecule has 0 bridgehead atoms. The number of carbonyl (C=O) groups excluding carboxylic acids is 1. The molecule has 1 fully saturated rings. The molecule has 0 unspecified atom stereocenters. The summed E-state index contributed by atoms with van der Waals surface area (Å²) >= 11 is 5.97. The van der Waals surface area contributed by atoms with Gasteiger partial charge in [0.2, 0.25) is 5.91 Å². The monoisotopic (exact) mass is 280 g/mol. The molecule has 0 radical (unpaired) electrons. The van der Waals surface area contributed by atoms with Crippen LogP contribution in [0.25, 0.3) is 0 Å². The zero-order chi connectivity index (χ0) is 13.9. The Hall–Kier alpha value is -1.06. The van der Waals surface area contributed by atoms with E-state index in [4.69, 9.17) is 11.6 Å². The molecule has 19 heavy (non-hydrogen) atoms. The van der Waals surface area contributed by atoms with Crippen molar-refractivity contribution >= 4 is 17.5 Å². The van der Waals surface area contributed by atoms with Crippen LogP contribution in [0.5, 0.6) is 0 Å². The summed E-state index contributed by atoms with van der Waals surface area (Å²) in [5.74, 6) is 0.231. The van der Waals surface area contributed by atoms with E-state index in [2.05, 4.69) is 12.2 Å². The van der Waals surface area contributed by atoms with Gasteiger partial charge >= 0.3 is 0 Å². The summed E-state index contributed by atoms with van der Waals surface area (Å²) in [5, 5.41) is 4.02. The van der Waals surface area contributed by atoms with Crippen LogP contribution in [0.4, 0.5) is 0 Å². The van der Waals surface area contributed by atoms with Crippen LogP contribution in [-0.4, -0.2) is 30.9 Å². The summed E-state index contributed by atoms with van der Waals surface area (Å²) in [6.45, 7) is 4.54. The number of hydrogen-bond acceptors (Lipinski definition) is 2. The number of hydrogen-bond donors (Lipinski definition) is 1. The van der Waals surface area contributed by atoms with Crippen LogP contribution in [0.1, 0.15) is 25.3 Å². The van der Waals surface area contributed by atoms with E-state index in [1.54, 1.807) is 0 Å². The standard InChI is InChI=1S/C15H21ClN2O/c1-15(6-8-17-9-7-15)14(19)18(2)11-12-4-3-5-13(16)10-12/h3-5,10,17H,6-9,11H2,1-2H3. The Bertz CT molecular complexity index is 455. The molecule has 4 heteroatoms. The van der Waals surface area contributed by atoms with Gasteiger partial charge in [0.25, 0.3) is 0 Å². The molecule has 0 saturated carbocycles. The van der Waals surface area contributed by atoms with E-state index in [-0.39, 0.29) is 11.3 Å². The van der Waals surface area contributed by atoms with Crippen LogP contribution in [0.3, 0.4) is 0 Å². The molecule has 1 saturated heterocycles. The molecule has 0 aromatic heterocycles. The molecule has 1 aliphatic rings. The number of nitrogens with one attached hydrogen (secondary N) is 1. The number of halogens is 1. The van der Waals surface area contributed by atoms with Crippen molar-refractivity contribution in [1.82, 2.24) is 10.2 Å². The minimum absolute atomic E-state index is 0.224. The highest BCUT2D eigenvalue weighted by molar-refractivity contribution is 6.30. The first-order chi connectivity index (χ1) is 9.01. The lowest BCUT2D eigenvalue weighted by Crippen LogP contribution is -2.46. The molecular weight excluding hydrogens is 260 g/mol. The third-order valence-corrected chi connectivity index (χ3v) is 4.11. The van der Waals surface area contributed by atoms with Crippen molar-refractivity contribution in [1.29, 1.82) is 0 Å². The predicted octanol–water partition coefficient (Wildman–Crippen LogP) is 2.69. The highest BCUT2D eigenvalue weighted by Gasteiger charge is 2.36. The summed E-state index contributed by atoms with van der Waals surface area (Å²) in [6, 6.07) is 7.68. The summed E-state index contributed by atoms with van der Waals surface area (Å²) in [6.07, 6.45) is 1.82. The van der Waals surface area contributed by atoms with Crippen molar-refractivity contribution in [3.63, 3.8) is 0 Å². The Balaban J connectivity index is 2.03. The van der Waals surface area contributed by atoms with E-state index in [0.717, 1.165) is 31.5 Å². The SMILES string of the molecule is CN(Cc1cccc(Cl)c1)C(=O)C1(C)CCNCC1. The second kappa shape index (κ2) is 5.93. The molecule has 1 aromatic rings. The molecular formula is C15H21ClN2O. The van der Waals surface area contributed by atoms with Gasteiger partial charge in [-0.15, -0.1) is 0 Å². The van der Waals surface area contributed by atoms with Crippen molar-refractivity contribution in [3.05, 3.63) is 34.9 Å². The summed E-state index contributed by atoms with van der Waals surface area (Å²) in [7, 11) is 1.87. The minimum Gasteiger partial charge on any atom is -0.341 e. The molecule has 1 aromatic carbocycles. The fourth-order valence-electron chi connectivity index (χ4n) is 2.63. The normalized spacial score (nSPS) is 18.1. The number of carbonyl (C=O) groups is 1. The molecule has 1 heterocycles. The summed E-state index contributed by atoms with van der Waals surface area (Å²) < 4.78 is 0. The van der Waals surface area contributed by atoms with Gasteiger partial charge in [-0.1, -0.05) is 30.7 Å². The van der Waals surface area contributed by atoms with Crippen LogP contribution in [0, 0.1) is 5.41 Å². The zero-order valence-corrected chi connectivity index (χ0v) is 12.3. The molecule has 2 rings (SSSR count). The lowest BCUT2D eigenvalue weighted by molar-refractivity contribution is -0.141. The van der Waals surface area contributed by atoms with Gasteiger partial charge in [-0.25, -0.2) is 0 Å². The third-order valence-electron chi connectivity index (χ3n) is 3.88.